The predicted molar refractivity (Wildman–Crippen MR) is 64.2 cm³/mol. The van der Waals surface area contributed by atoms with Crippen molar-refractivity contribution in [2.45, 2.75) is 18.6 Å². The van der Waals surface area contributed by atoms with Crippen molar-refractivity contribution in [3.63, 3.8) is 0 Å². The van der Waals surface area contributed by atoms with Crippen LogP contribution in [0.3, 0.4) is 0 Å². The second-order valence-electron chi connectivity index (χ2n) is 4.08. The van der Waals surface area contributed by atoms with Crippen LogP contribution in [-0.4, -0.2) is 35.0 Å². The van der Waals surface area contributed by atoms with Gasteiger partial charge in [0, 0.05) is 13.3 Å². The van der Waals surface area contributed by atoms with Gasteiger partial charge in [-0.15, -0.1) is 0 Å². The number of carbonyl (C=O) groups excluding carboxylic acids is 1. The van der Waals surface area contributed by atoms with E-state index in [9.17, 15) is 13.2 Å². The smallest absolute Gasteiger partial charge is 0.202 e. The van der Waals surface area contributed by atoms with Gasteiger partial charge >= 0.3 is 0 Å². The monoisotopic (exact) mass is 308 g/mol. The molecular formula is C9H13BrN2O3S. The zero-order chi connectivity index (χ0) is 12.7. The first kappa shape index (κ1) is 13.4. The molecule has 0 saturated heterocycles. The van der Waals surface area contributed by atoms with E-state index in [1.807, 2.05) is 0 Å². The molecule has 0 amide bonds. The maximum absolute atomic E-state index is 12.1. The SMILES string of the molecule is Cn1ncc(Br)c1C(=O)C(C)(C)S(C)(=O)=O. The number of sulfone groups is 1. The molecule has 0 atom stereocenters. The summed E-state index contributed by atoms with van der Waals surface area (Å²) in [5.74, 6) is -0.470. The minimum absolute atomic E-state index is 0.260. The average Bonchev–Trinajstić information content (AvgIpc) is 2.43. The van der Waals surface area contributed by atoms with Crippen molar-refractivity contribution < 1.29 is 13.2 Å². The van der Waals surface area contributed by atoms with E-state index >= 15 is 0 Å². The van der Waals surface area contributed by atoms with Gasteiger partial charge in [0.05, 0.1) is 10.7 Å². The summed E-state index contributed by atoms with van der Waals surface area (Å²) in [5.41, 5.74) is 0.260. The van der Waals surface area contributed by atoms with Gasteiger partial charge in [0.15, 0.2) is 9.84 Å². The molecule has 0 N–H and O–H groups in total. The highest BCUT2D eigenvalue weighted by Crippen LogP contribution is 2.25. The quantitative estimate of drug-likeness (QED) is 0.787. The Labute approximate surface area is 103 Å². The van der Waals surface area contributed by atoms with Crippen LogP contribution in [0.15, 0.2) is 10.7 Å². The first-order valence-corrected chi connectivity index (χ1v) is 7.19. The third-order valence-corrected chi connectivity index (χ3v) is 5.20. The van der Waals surface area contributed by atoms with Crippen LogP contribution in [0.25, 0.3) is 0 Å². The molecule has 1 rings (SSSR count). The lowest BCUT2D eigenvalue weighted by molar-refractivity contribution is 0.0944. The molecule has 0 aliphatic carbocycles. The summed E-state index contributed by atoms with van der Waals surface area (Å²) in [7, 11) is -1.88. The zero-order valence-corrected chi connectivity index (χ0v) is 11.9. The molecule has 16 heavy (non-hydrogen) atoms. The molecule has 1 aromatic heterocycles. The van der Waals surface area contributed by atoms with Crippen LogP contribution in [0.2, 0.25) is 0 Å². The fourth-order valence-electron chi connectivity index (χ4n) is 1.12. The average molecular weight is 309 g/mol. The largest absolute Gasteiger partial charge is 0.291 e. The van der Waals surface area contributed by atoms with Crippen molar-refractivity contribution in [3.05, 3.63) is 16.4 Å². The topological polar surface area (TPSA) is 69.0 Å². The Morgan fingerprint density at radius 3 is 2.31 bits per heavy atom. The van der Waals surface area contributed by atoms with Crippen molar-refractivity contribution in [1.29, 1.82) is 0 Å². The lowest BCUT2D eigenvalue weighted by atomic mass is 10.1. The first-order chi connectivity index (χ1) is 7.09. The van der Waals surface area contributed by atoms with Crippen LogP contribution in [0, 0.1) is 0 Å². The summed E-state index contributed by atoms with van der Waals surface area (Å²) in [5, 5.41) is 3.89. The van der Waals surface area contributed by atoms with Gasteiger partial charge in [0.2, 0.25) is 5.78 Å². The number of hydrogen-bond acceptors (Lipinski definition) is 4. The van der Waals surface area contributed by atoms with Crippen molar-refractivity contribution in [1.82, 2.24) is 9.78 Å². The standard InChI is InChI=1S/C9H13BrN2O3S/c1-9(2,16(4,14)15)8(13)7-6(10)5-11-12(7)3/h5H,1-4H3. The van der Waals surface area contributed by atoms with Gasteiger partial charge in [-0.3, -0.25) is 9.48 Å². The van der Waals surface area contributed by atoms with Crippen LogP contribution in [0.1, 0.15) is 24.3 Å². The highest BCUT2D eigenvalue weighted by atomic mass is 79.9. The highest BCUT2D eigenvalue weighted by Gasteiger charge is 2.41. The number of aromatic nitrogens is 2. The molecule has 90 valence electrons. The number of Topliss-reactive ketones (excluding diaryl/α,β-unsaturated/α-hetero) is 1. The number of ketones is 1. The summed E-state index contributed by atoms with van der Waals surface area (Å²) in [6, 6.07) is 0. The summed E-state index contributed by atoms with van der Waals surface area (Å²) in [6.07, 6.45) is 2.51. The van der Waals surface area contributed by atoms with Gasteiger partial charge < -0.3 is 0 Å². The molecule has 0 aliphatic heterocycles. The van der Waals surface area contributed by atoms with Crippen molar-refractivity contribution in [2.24, 2.45) is 7.05 Å². The van der Waals surface area contributed by atoms with Crippen molar-refractivity contribution in [3.8, 4) is 0 Å². The molecule has 0 saturated carbocycles. The van der Waals surface area contributed by atoms with Crippen LogP contribution in [0.5, 0.6) is 0 Å². The van der Waals surface area contributed by atoms with E-state index in [0.717, 1.165) is 6.26 Å². The lowest BCUT2D eigenvalue weighted by Gasteiger charge is -2.20. The van der Waals surface area contributed by atoms with Gasteiger partial charge in [-0.25, -0.2) is 8.42 Å². The van der Waals surface area contributed by atoms with E-state index in [1.165, 1.54) is 24.7 Å². The highest BCUT2D eigenvalue weighted by molar-refractivity contribution is 9.10. The van der Waals surface area contributed by atoms with Crippen molar-refractivity contribution in [2.75, 3.05) is 6.26 Å². The third kappa shape index (κ3) is 2.06. The van der Waals surface area contributed by atoms with Crippen LogP contribution in [-0.2, 0) is 16.9 Å². The molecule has 0 aromatic carbocycles. The number of nitrogens with zero attached hydrogens (tertiary/aromatic N) is 2. The Hall–Kier alpha value is -0.690. The van der Waals surface area contributed by atoms with Gasteiger partial charge in [0.25, 0.3) is 0 Å². The Morgan fingerprint density at radius 2 is 2.00 bits per heavy atom. The summed E-state index contributed by atoms with van der Waals surface area (Å²) in [4.78, 5) is 12.1. The molecule has 0 fully saturated rings. The van der Waals surface area contributed by atoms with Gasteiger partial charge in [-0.1, -0.05) is 0 Å². The zero-order valence-electron chi connectivity index (χ0n) is 9.48. The normalized spacial score (nSPS) is 12.8. The Bertz CT molecular complexity index is 511. The van der Waals surface area contributed by atoms with Crippen LogP contribution < -0.4 is 0 Å². The Morgan fingerprint density at radius 1 is 1.50 bits per heavy atom. The van der Waals surface area contributed by atoms with Gasteiger partial charge in [0.1, 0.15) is 10.4 Å². The van der Waals surface area contributed by atoms with E-state index in [0.29, 0.717) is 4.47 Å². The van der Waals surface area contributed by atoms with E-state index in [2.05, 4.69) is 21.0 Å². The van der Waals surface area contributed by atoms with Gasteiger partial charge in [-0.05, 0) is 29.8 Å². The van der Waals surface area contributed by atoms with E-state index in [4.69, 9.17) is 0 Å². The number of rotatable bonds is 3. The maximum Gasteiger partial charge on any atom is 0.202 e. The molecule has 7 heteroatoms. The Kier molecular flexibility index (Phi) is 3.31. The number of hydrogen-bond donors (Lipinski definition) is 0. The molecule has 1 heterocycles. The number of halogens is 1. The molecule has 0 radical (unpaired) electrons. The molecule has 0 bridgehead atoms. The number of aryl methyl sites for hydroxylation is 1. The van der Waals surface area contributed by atoms with E-state index in [1.54, 1.807) is 7.05 Å². The third-order valence-electron chi connectivity index (χ3n) is 2.58. The van der Waals surface area contributed by atoms with Gasteiger partial charge in [-0.2, -0.15) is 5.10 Å². The summed E-state index contributed by atoms with van der Waals surface area (Å²) >= 11 is 3.18. The van der Waals surface area contributed by atoms with Crippen LogP contribution in [0.4, 0.5) is 0 Å². The number of carbonyl (C=O) groups is 1. The molecule has 0 spiro atoms. The predicted octanol–water partition coefficient (Wildman–Crippen LogP) is 1.19. The minimum Gasteiger partial charge on any atom is -0.291 e. The minimum atomic E-state index is -3.47. The fourth-order valence-corrected chi connectivity index (χ4v) is 2.08. The second-order valence-corrected chi connectivity index (χ2v) is 7.50. The lowest BCUT2D eigenvalue weighted by Crippen LogP contribution is -2.41. The van der Waals surface area contributed by atoms with Crippen molar-refractivity contribution >= 4 is 31.6 Å². The second kappa shape index (κ2) is 3.96. The summed E-state index contributed by atoms with van der Waals surface area (Å²) < 4.78 is 23.5. The first-order valence-electron chi connectivity index (χ1n) is 4.51. The van der Waals surface area contributed by atoms with E-state index < -0.39 is 20.4 Å². The molecule has 5 nitrogen and oxygen atoms in total. The van der Waals surface area contributed by atoms with E-state index in [-0.39, 0.29) is 5.69 Å². The molecular weight excluding hydrogens is 296 g/mol. The summed E-state index contributed by atoms with van der Waals surface area (Å²) in [6.45, 7) is 2.79. The molecule has 0 unspecified atom stereocenters. The van der Waals surface area contributed by atoms with Crippen LogP contribution >= 0.6 is 15.9 Å². The maximum atomic E-state index is 12.1. The molecule has 0 aliphatic rings. The fraction of sp³-hybridized carbons (Fsp3) is 0.556. The molecule has 1 aromatic rings. The Balaban J connectivity index is 3.34.